The number of nitrogens with one attached hydrogen (secondary N) is 1. The van der Waals surface area contributed by atoms with Crippen LogP contribution in [0.2, 0.25) is 0 Å². The Balaban J connectivity index is 2.29. The van der Waals surface area contributed by atoms with Crippen LogP contribution in [0.25, 0.3) is 11.2 Å². The molecule has 0 aliphatic carbocycles. The van der Waals surface area contributed by atoms with Gasteiger partial charge in [-0.25, -0.2) is 9.78 Å². The van der Waals surface area contributed by atoms with Gasteiger partial charge in [0.15, 0.2) is 5.65 Å². The first-order chi connectivity index (χ1) is 8.61. The maximum Gasteiger partial charge on any atom is 0.312 e. The predicted molar refractivity (Wildman–Crippen MR) is 66.1 cm³/mol. The fourth-order valence-corrected chi connectivity index (χ4v) is 1.63. The second kappa shape index (κ2) is 4.78. The first kappa shape index (κ1) is 12.0. The lowest BCUT2D eigenvalue weighted by molar-refractivity contribution is 0.248. The average molecular weight is 250 g/mol. The summed E-state index contributed by atoms with van der Waals surface area (Å²) in [7, 11) is 1.53. The van der Waals surface area contributed by atoms with E-state index in [4.69, 9.17) is 16.2 Å². The molecule has 0 aromatic carbocycles. The van der Waals surface area contributed by atoms with Gasteiger partial charge in [0, 0.05) is 19.2 Å². The highest BCUT2D eigenvalue weighted by Crippen LogP contribution is 2.18. The summed E-state index contributed by atoms with van der Waals surface area (Å²) in [5, 5.41) is 2.48. The van der Waals surface area contributed by atoms with Crippen LogP contribution in [-0.2, 0) is 6.54 Å². The summed E-state index contributed by atoms with van der Waals surface area (Å²) in [6, 6.07) is 2.90. The van der Waals surface area contributed by atoms with Gasteiger partial charge in [-0.3, -0.25) is 4.57 Å². The SMILES string of the molecule is COc1ccc2nc(N)n(CCNC(N)=O)c2n1. The van der Waals surface area contributed by atoms with Crippen LogP contribution >= 0.6 is 0 Å². The summed E-state index contributed by atoms with van der Waals surface area (Å²) < 4.78 is 6.73. The number of rotatable bonds is 4. The van der Waals surface area contributed by atoms with Crippen molar-refractivity contribution < 1.29 is 9.53 Å². The van der Waals surface area contributed by atoms with E-state index in [1.165, 1.54) is 7.11 Å². The molecular weight excluding hydrogens is 236 g/mol. The Hall–Kier alpha value is -2.51. The normalized spacial score (nSPS) is 10.5. The molecule has 0 spiro atoms. The number of amides is 2. The molecule has 0 fully saturated rings. The Bertz CT molecular complexity index is 579. The summed E-state index contributed by atoms with van der Waals surface area (Å²) in [5.74, 6) is 0.809. The second-order valence-electron chi connectivity index (χ2n) is 3.61. The van der Waals surface area contributed by atoms with E-state index in [1.54, 1.807) is 16.7 Å². The number of nitrogens with zero attached hydrogens (tertiary/aromatic N) is 3. The third-order valence-corrected chi connectivity index (χ3v) is 2.44. The van der Waals surface area contributed by atoms with Crippen LogP contribution in [0, 0.1) is 0 Å². The number of aromatic nitrogens is 3. The molecule has 0 aliphatic heterocycles. The molecule has 2 aromatic heterocycles. The van der Waals surface area contributed by atoms with Gasteiger partial charge in [-0.15, -0.1) is 0 Å². The van der Waals surface area contributed by atoms with Crippen molar-refractivity contribution in [2.45, 2.75) is 6.54 Å². The van der Waals surface area contributed by atoms with E-state index in [1.807, 2.05) is 0 Å². The Morgan fingerprint density at radius 2 is 2.28 bits per heavy atom. The standard InChI is InChI=1S/C10H14N6O2/c1-18-7-3-2-6-8(15-7)16(9(11)14-6)5-4-13-10(12)17/h2-3H,4-5H2,1H3,(H2,11,14)(H3,12,13,17). The molecular formula is C10H14N6O2. The molecule has 0 unspecified atom stereocenters. The molecule has 0 aliphatic rings. The second-order valence-corrected chi connectivity index (χ2v) is 3.61. The molecule has 0 saturated carbocycles. The highest BCUT2D eigenvalue weighted by Gasteiger charge is 2.10. The van der Waals surface area contributed by atoms with Gasteiger partial charge in [0.25, 0.3) is 0 Å². The van der Waals surface area contributed by atoms with Crippen molar-refractivity contribution in [3.05, 3.63) is 12.1 Å². The van der Waals surface area contributed by atoms with E-state index in [2.05, 4.69) is 15.3 Å². The lowest BCUT2D eigenvalue weighted by atomic mass is 10.4. The predicted octanol–water partition coefficient (Wildman–Crippen LogP) is -0.310. The van der Waals surface area contributed by atoms with Crippen molar-refractivity contribution >= 4 is 23.1 Å². The summed E-state index contributed by atoms with van der Waals surface area (Å²) >= 11 is 0. The zero-order valence-corrected chi connectivity index (χ0v) is 9.88. The van der Waals surface area contributed by atoms with E-state index in [9.17, 15) is 4.79 Å². The van der Waals surface area contributed by atoms with Crippen LogP contribution in [0.3, 0.4) is 0 Å². The Kier molecular flexibility index (Phi) is 3.18. The van der Waals surface area contributed by atoms with Crippen molar-refractivity contribution in [3.63, 3.8) is 0 Å². The number of imidazole rings is 1. The summed E-state index contributed by atoms with van der Waals surface area (Å²) in [5.41, 5.74) is 12.1. The minimum atomic E-state index is -0.580. The number of carbonyl (C=O) groups excluding carboxylic acids is 1. The minimum absolute atomic E-state index is 0.331. The van der Waals surface area contributed by atoms with E-state index in [0.717, 1.165) is 0 Å². The van der Waals surface area contributed by atoms with E-state index in [0.29, 0.717) is 36.1 Å². The zero-order chi connectivity index (χ0) is 13.1. The van der Waals surface area contributed by atoms with Gasteiger partial charge in [-0.2, -0.15) is 4.98 Å². The highest BCUT2D eigenvalue weighted by atomic mass is 16.5. The molecule has 0 atom stereocenters. The molecule has 96 valence electrons. The number of hydrogen-bond acceptors (Lipinski definition) is 5. The van der Waals surface area contributed by atoms with Gasteiger partial charge in [-0.1, -0.05) is 0 Å². The third kappa shape index (κ3) is 2.26. The van der Waals surface area contributed by atoms with Gasteiger partial charge in [0.1, 0.15) is 5.52 Å². The summed E-state index contributed by atoms with van der Waals surface area (Å²) in [6.07, 6.45) is 0. The molecule has 2 amide bonds. The van der Waals surface area contributed by atoms with Gasteiger partial charge in [0.05, 0.1) is 7.11 Å². The molecule has 8 heteroatoms. The van der Waals surface area contributed by atoms with Crippen LogP contribution in [0.5, 0.6) is 5.88 Å². The molecule has 0 saturated heterocycles. The van der Waals surface area contributed by atoms with Gasteiger partial charge in [-0.05, 0) is 6.07 Å². The lowest BCUT2D eigenvalue weighted by Gasteiger charge is -2.06. The van der Waals surface area contributed by atoms with E-state index < -0.39 is 6.03 Å². The number of nitrogens with two attached hydrogens (primary N) is 2. The van der Waals surface area contributed by atoms with Crippen LogP contribution in [0.1, 0.15) is 0 Å². The van der Waals surface area contributed by atoms with Crippen molar-refractivity contribution in [1.29, 1.82) is 0 Å². The summed E-state index contributed by atoms with van der Waals surface area (Å²) in [4.78, 5) is 19.0. The number of urea groups is 1. The zero-order valence-electron chi connectivity index (χ0n) is 9.88. The summed E-state index contributed by atoms with van der Waals surface area (Å²) in [6.45, 7) is 0.787. The van der Waals surface area contributed by atoms with Crippen molar-refractivity contribution in [2.75, 3.05) is 19.4 Å². The number of primary amides is 1. The molecule has 2 rings (SSSR count). The molecule has 0 bridgehead atoms. The fourth-order valence-electron chi connectivity index (χ4n) is 1.63. The highest BCUT2D eigenvalue weighted by molar-refractivity contribution is 5.75. The number of ether oxygens (including phenoxy) is 1. The number of fused-ring (bicyclic) bond motifs is 1. The maximum absolute atomic E-state index is 10.6. The van der Waals surface area contributed by atoms with Crippen LogP contribution in [0.15, 0.2) is 12.1 Å². The number of hydrogen-bond donors (Lipinski definition) is 3. The topological polar surface area (TPSA) is 121 Å². The molecule has 0 radical (unpaired) electrons. The third-order valence-electron chi connectivity index (χ3n) is 2.44. The fraction of sp³-hybridized carbons (Fsp3) is 0.300. The lowest BCUT2D eigenvalue weighted by Crippen LogP contribution is -2.32. The van der Waals surface area contributed by atoms with Gasteiger partial charge in [0.2, 0.25) is 11.8 Å². The average Bonchev–Trinajstić information content (AvgIpc) is 2.64. The maximum atomic E-state index is 10.6. The molecule has 2 heterocycles. The minimum Gasteiger partial charge on any atom is -0.481 e. The number of nitrogen functional groups attached to an aromatic ring is 1. The van der Waals surface area contributed by atoms with Crippen molar-refractivity contribution in [2.24, 2.45) is 5.73 Å². The largest absolute Gasteiger partial charge is 0.481 e. The monoisotopic (exact) mass is 250 g/mol. The quantitative estimate of drug-likeness (QED) is 0.687. The van der Waals surface area contributed by atoms with Crippen LogP contribution in [-0.4, -0.2) is 34.2 Å². The number of anilines is 1. The number of pyridine rings is 1. The molecule has 5 N–H and O–H groups in total. The van der Waals surface area contributed by atoms with Crippen LogP contribution < -0.4 is 21.5 Å². The Labute approximate surface area is 103 Å². The Morgan fingerprint density at radius 1 is 1.50 bits per heavy atom. The van der Waals surface area contributed by atoms with Gasteiger partial charge >= 0.3 is 6.03 Å². The molecule has 8 nitrogen and oxygen atoms in total. The number of methoxy groups -OCH3 is 1. The van der Waals surface area contributed by atoms with Crippen LogP contribution in [0.4, 0.5) is 10.7 Å². The molecule has 2 aromatic rings. The van der Waals surface area contributed by atoms with E-state index >= 15 is 0 Å². The molecule has 18 heavy (non-hydrogen) atoms. The first-order valence-electron chi connectivity index (χ1n) is 5.32. The van der Waals surface area contributed by atoms with Crippen molar-refractivity contribution in [3.8, 4) is 5.88 Å². The van der Waals surface area contributed by atoms with E-state index in [-0.39, 0.29) is 0 Å². The van der Waals surface area contributed by atoms with Crippen molar-refractivity contribution in [1.82, 2.24) is 19.9 Å². The Morgan fingerprint density at radius 3 is 2.94 bits per heavy atom. The number of carbonyl (C=O) groups is 1. The first-order valence-corrected chi connectivity index (χ1v) is 5.32. The smallest absolute Gasteiger partial charge is 0.312 e. The van der Waals surface area contributed by atoms with Gasteiger partial charge < -0.3 is 21.5 Å².